The average molecular weight is 350 g/mol. The summed E-state index contributed by atoms with van der Waals surface area (Å²) >= 11 is 3.35. The first kappa shape index (κ1) is 13.8. The molecule has 0 aliphatic heterocycles. The molecular formula is C15H10BrF2N3. The average Bonchev–Trinajstić information content (AvgIpc) is 2.81. The molecule has 0 amide bonds. The van der Waals surface area contributed by atoms with Gasteiger partial charge in [-0.1, -0.05) is 15.9 Å². The minimum absolute atomic E-state index is 0.171. The summed E-state index contributed by atoms with van der Waals surface area (Å²) in [6.07, 6.45) is 1.60. The number of rotatable bonds is 2. The largest absolute Gasteiger partial charge is 0.396 e. The van der Waals surface area contributed by atoms with Gasteiger partial charge in [-0.15, -0.1) is 0 Å². The van der Waals surface area contributed by atoms with Crippen LogP contribution in [-0.2, 0) is 0 Å². The lowest BCUT2D eigenvalue weighted by atomic mass is 10.1. The van der Waals surface area contributed by atoms with Gasteiger partial charge in [0.25, 0.3) is 0 Å². The van der Waals surface area contributed by atoms with Crippen molar-refractivity contribution in [2.45, 2.75) is 0 Å². The van der Waals surface area contributed by atoms with Gasteiger partial charge < -0.3 is 5.73 Å². The molecule has 0 aliphatic carbocycles. The smallest absolute Gasteiger partial charge is 0.135 e. The van der Waals surface area contributed by atoms with Crippen molar-refractivity contribution in [1.29, 1.82) is 0 Å². The summed E-state index contributed by atoms with van der Waals surface area (Å²) in [5, 5.41) is 4.28. The predicted octanol–water partition coefficient (Wildman–Crippen LogP) is 4.16. The van der Waals surface area contributed by atoms with E-state index < -0.39 is 11.6 Å². The zero-order valence-electron chi connectivity index (χ0n) is 10.7. The molecule has 0 saturated heterocycles. The van der Waals surface area contributed by atoms with E-state index in [1.54, 1.807) is 10.9 Å². The van der Waals surface area contributed by atoms with Crippen LogP contribution < -0.4 is 5.73 Å². The Morgan fingerprint density at radius 1 is 1.05 bits per heavy atom. The van der Waals surface area contributed by atoms with Gasteiger partial charge in [0, 0.05) is 16.1 Å². The van der Waals surface area contributed by atoms with Gasteiger partial charge in [0.2, 0.25) is 0 Å². The molecule has 1 aromatic heterocycles. The summed E-state index contributed by atoms with van der Waals surface area (Å²) in [4.78, 5) is 0. The van der Waals surface area contributed by atoms with Crippen LogP contribution in [-0.4, -0.2) is 9.78 Å². The molecule has 21 heavy (non-hydrogen) atoms. The molecule has 0 unspecified atom stereocenters. The van der Waals surface area contributed by atoms with E-state index in [9.17, 15) is 8.78 Å². The van der Waals surface area contributed by atoms with Gasteiger partial charge >= 0.3 is 0 Å². The number of nitrogen functional groups attached to an aromatic ring is 1. The van der Waals surface area contributed by atoms with Gasteiger partial charge in [-0.05, 0) is 36.4 Å². The molecule has 3 rings (SSSR count). The molecule has 106 valence electrons. The molecule has 0 saturated carbocycles. The van der Waals surface area contributed by atoms with Gasteiger partial charge in [0.05, 0.1) is 17.6 Å². The summed E-state index contributed by atoms with van der Waals surface area (Å²) in [5.74, 6) is -1.33. The molecule has 0 atom stereocenters. The molecule has 0 bridgehead atoms. The number of anilines is 1. The first-order valence-corrected chi connectivity index (χ1v) is 6.90. The molecule has 2 N–H and O–H groups in total. The fraction of sp³-hybridized carbons (Fsp3) is 0. The summed E-state index contributed by atoms with van der Waals surface area (Å²) in [7, 11) is 0. The molecule has 0 radical (unpaired) electrons. The molecule has 1 heterocycles. The van der Waals surface area contributed by atoms with Crippen molar-refractivity contribution >= 4 is 21.6 Å². The van der Waals surface area contributed by atoms with Crippen LogP contribution >= 0.6 is 15.9 Å². The van der Waals surface area contributed by atoms with Crippen molar-refractivity contribution in [3.8, 4) is 16.9 Å². The van der Waals surface area contributed by atoms with E-state index >= 15 is 0 Å². The topological polar surface area (TPSA) is 43.8 Å². The van der Waals surface area contributed by atoms with E-state index in [2.05, 4.69) is 21.0 Å². The minimum Gasteiger partial charge on any atom is -0.396 e. The number of hydrogen-bond acceptors (Lipinski definition) is 2. The SMILES string of the molecule is Nc1cn(-c2ccc(Br)cc2)nc1-c1ccc(F)cc1F. The number of halogens is 3. The predicted molar refractivity (Wildman–Crippen MR) is 81.0 cm³/mol. The molecule has 0 fully saturated rings. The highest BCUT2D eigenvalue weighted by Gasteiger charge is 2.14. The maximum atomic E-state index is 13.8. The number of aromatic nitrogens is 2. The first-order valence-electron chi connectivity index (χ1n) is 6.11. The van der Waals surface area contributed by atoms with Crippen molar-refractivity contribution < 1.29 is 8.78 Å². The molecule has 0 aliphatic rings. The van der Waals surface area contributed by atoms with Crippen molar-refractivity contribution in [2.24, 2.45) is 0 Å². The number of nitrogens with two attached hydrogens (primary N) is 1. The Morgan fingerprint density at radius 3 is 2.43 bits per heavy atom. The molecule has 2 aromatic carbocycles. The Morgan fingerprint density at radius 2 is 1.76 bits per heavy atom. The van der Waals surface area contributed by atoms with Crippen molar-refractivity contribution in [3.63, 3.8) is 0 Å². The Kier molecular flexibility index (Phi) is 3.47. The second-order valence-corrected chi connectivity index (χ2v) is 5.39. The lowest BCUT2D eigenvalue weighted by molar-refractivity contribution is 0.585. The van der Waals surface area contributed by atoms with E-state index in [-0.39, 0.29) is 11.3 Å². The van der Waals surface area contributed by atoms with E-state index in [0.717, 1.165) is 16.2 Å². The summed E-state index contributed by atoms with van der Waals surface area (Å²) in [6.45, 7) is 0. The van der Waals surface area contributed by atoms with Crippen LogP contribution in [0.3, 0.4) is 0 Å². The van der Waals surface area contributed by atoms with Crippen LogP contribution in [0.4, 0.5) is 14.5 Å². The highest BCUT2D eigenvalue weighted by molar-refractivity contribution is 9.10. The lowest BCUT2D eigenvalue weighted by Crippen LogP contribution is -1.95. The van der Waals surface area contributed by atoms with Gasteiger partial charge in [-0.25, -0.2) is 13.5 Å². The third-order valence-electron chi connectivity index (χ3n) is 3.02. The standard InChI is InChI=1S/C15H10BrF2N3/c16-9-1-4-11(5-2-9)21-8-14(19)15(20-21)12-6-3-10(17)7-13(12)18/h1-8H,19H2. The maximum absolute atomic E-state index is 13.8. The first-order chi connectivity index (χ1) is 10.0. The third kappa shape index (κ3) is 2.67. The van der Waals surface area contributed by atoms with Crippen molar-refractivity contribution in [3.05, 3.63) is 64.8 Å². The van der Waals surface area contributed by atoms with E-state index in [1.807, 2.05) is 24.3 Å². The normalized spacial score (nSPS) is 10.8. The maximum Gasteiger partial charge on any atom is 0.135 e. The van der Waals surface area contributed by atoms with Crippen LogP contribution in [0.15, 0.2) is 53.1 Å². The molecular weight excluding hydrogens is 340 g/mol. The fourth-order valence-electron chi connectivity index (χ4n) is 2.00. The van der Waals surface area contributed by atoms with E-state index in [1.165, 1.54) is 12.1 Å². The summed E-state index contributed by atoms with van der Waals surface area (Å²) in [5.41, 5.74) is 7.47. The number of hydrogen-bond donors (Lipinski definition) is 1. The second-order valence-electron chi connectivity index (χ2n) is 4.48. The Bertz CT molecular complexity index is 797. The molecule has 6 heteroatoms. The van der Waals surface area contributed by atoms with Crippen LogP contribution in [0.25, 0.3) is 16.9 Å². The van der Waals surface area contributed by atoms with Crippen molar-refractivity contribution in [2.75, 3.05) is 5.73 Å². The highest BCUT2D eigenvalue weighted by Crippen LogP contribution is 2.28. The Labute approximate surface area is 128 Å². The number of benzene rings is 2. The molecule has 0 spiro atoms. The monoisotopic (exact) mass is 349 g/mol. The van der Waals surface area contributed by atoms with Crippen LogP contribution in [0.5, 0.6) is 0 Å². The van der Waals surface area contributed by atoms with Gasteiger partial charge in [0.15, 0.2) is 0 Å². The Balaban J connectivity index is 2.07. The lowest BCUT2D eigenvalue weighted by Gasteiger charge is -2.02. The zero-order valence-corrected chi connectivity index (χ0v) is 12.3. The van der Waals surface area contributed by atoms with Crippen LogP contribution in [0, 0.1) is 11.6 Å². The quantitative estimate of drug-likeness (QED) is 0.754. The van der Waals surface area contributed by atoms with Crippen molar-refractivity contribution in [1.82, 2.24) is 9.78 Å². The molecule has 3 nitrogen and oxygen atoms in total. The highest BCUT2D eigenvalue weighted by atomic mass is 79.9. The fourth-order valence-corrected chi connectivity index (χ4v) is 2.27. The van der Waals surface area contributed by atoms with Gasteiger partial charge in [0.1, 0.15) is 17.3 Å². The summed E-state index contributed by atoms with van der Waals surface area (Å²) in [6, 6.07) is 10.7. The second kappa shape index (κ2) is 5.29. The summed E-state index contributed by atoms with van der Waals surface area (Å²) < 4.78 is 29.3. The molecule has 3 aromatic rings. The minimum atomic E-state index is -0.692. The van der Waals surface area contributed by atoms with E-state index in [4.69, 9.17) is 5.73 Å². The Hall–Kier alpha value is -2.21. The van der Waals surface area contributed by atoms with Crippen LogP contribution in [0.2, 0.25) is 0 Å². The number of nitrogens with zero attached hydrogens (tertiary/aromatic N) is 2. The van der Waals surface area contributed by atoms with Crippen LogP contribution in [0.1, 0.15) is 0 Å². The van der Waals surface area contributed by atoms with Gasteiger partial charge in [-0.2, -0.15) is 5.10 Å². The van der Waals surface area contributed by atoms with Gasteiger partial charge in [-0.3, -0.25) is 0 Å². The zero-order chi connectivity index (χ0) is 15.0. The third-order valence-corrected chi connectivity index (χ3v) is 3.55. The van der Waals surface area contributed by atoms with E-state index in [0.29, 0.717) is 5.69 Å².